The second-order valence-corrected chi connectivity index (χ2v) is 3.40. The van der Waals surface area contributed by atoms with E-state index in [4.69, 9.17) is 16.9 Å². The predicted octanol–water partition coefficient (Wildman–Crippen LogP) is 0.0570. The molecule has 0 aliphatic carbocycles. The van der Waals surface area contributed by atoms with E-state index in [1.165, 1.54) is 7.11 Å². The Balaban J connectivity index is 2.56. The summed E-state index contributed by atoms with van der Waals surface area (Å²) >= 11 is 0. The molecule has 5 nitrogen and oxygen atoms in total. The number of carbonyl (C=O) groups excluding carboxylic acids is 1. The molecule has 17 heavy (non-hydrogen) atoms. The van der Waals surface area contributed by atoms with Crippen LogP contribution in [0.25, 0.3) is 0 Å². The number of methoxy groups -OCH3 is 1. The summed E-state index contributed by atoms with van der Waals surface area (Å²) in [5.74, 6) is 2.55. The molecule has 1 rings (SSSR count). The van der Waals surface area contributed by atoms with Crippen LogP contribution < -0.4 is 15.8 Å². The highest BCUT2D eigenvalue weighted by Crippen LogP contribution is 2.12. The summed E-state index contributed by atoms with van der Waals surface area (Å²) in [6.07, 6.45) is 6.92. The van der Waals surface area contributed by atoms with Gasteiger partial charge in [-0.1, -0.05) is 6.07 Å². The molecule has 1 unspecified atom stereocenters. The number of aromatic nitrogens is 1. The largest absolute Gasteiger partial charge is 0.481 e. The van der Waals surface area contributed by atoms with Gasteiger partial charge in [-0.25, -0.2) is 4.98 Å². The molecule has 1 atom stereocenters. The standard InChI is InChI=1S/C12H15N3O2/c1-3-5-10(13)11(16)15-8-9-6-4-7-14-12(9)17-2/h1,4,6-7,10H,5,8,13H2,2H3,(H,15,16). The van der Waals surface area contributed by atoms with Crippen LogP contribution in [0.1, 0.15) is 12.0 Å². The maximum Gasteiger partial charge on any atom is 0.238 e. The molecule has 5 heteroatoms. The maximum atomic E-state index is 11.5. The molecule has 0 bridgehead atoms. The Morgan fingerprint density at radius 3 is 3.18 bits per heavy atom. The van der Waals surface area contributed by atoms with Crippen LogP contribution in [0, 0.1) is 12.3 Å². The molecule has 0 saturated heterocycles. The van der Waals surface area contributed by atoms with Gasteiger partial charge in [-0.05, 0) is 6.07 Å². The van der Waals surface area contributed by atoms with E-state index in [1.807, 2.05) is 6.07 Å². The van der Waals surface area contributed by atoms with Crippen molar-refractivity contribution >= 4 is 5.91 Å². The van der Waals surface area contributed by atoms with Gasteiger partial charge in [0.1, 0.15) is 0 Å². The van der Waals surface area contributed by atoms with E-state index in [0.29, 0.717) is 12.4 Å². The average Bonchev–Trinajstić information content (AvgIpc) is 2.36. The lowest BCUT2D eigenvalue weighted by Crippen LogP contribution is -2.39. The first-order valence-corrected chi connectivity index (χ1v) is 5.13. The smallest absolute Gasteiger partial charge is 0.238 e. The molecule has 0 aliphatic rings. The van der Waals surface area contributed by atoms with Gasteiger partial charge in [0.05, 0.1) is 13.2 Å². The van der Waals surface area contributed by atoms with Crippen molar-refractivity contribution in [2.75, 3.05) is 7.11 Å². The van der Waals surface area contributed by atoms with Crippen LogP contribution >= 0.6 is 0 Å². The fourth-order valence-electron chi connectivity index (χ4n) is 1.28. The Hall–Kier alpha value is -2.06. The Kier molecular flexibility index (Phi) is 4.98. The second-order valence-electron chi connectivity index (χ2n) is 3.40. The minimum absolute atomic E-state index is 0.218. The number of hydrogen-bond donors (Lipinski definition) is 2. The van der Waals surface area contributed by atoms with Crippen LogP contribution in [0.4, 0.5) is 0 Å². The zero-order valence-electron chi connectivity index (χ0n) is 9.64. The Bertz CT molecular complexity index is 426. The highest BCUT2D eigenvalue weighted by Gasteiger charge is 2.12. The molecule has 0 spiro atoms. The van der Waals surface area contributed by atoms with Crippen molar-refractivity contribution in [1.29, 1.82) is 0 Å². The van der Waals surface area contributed by atoms with Crippen LogP contribution in [0.2, 0.25) is 0 Å². The predicted molar refractivity (Wildman–Crippen MR) is 64.1 cm³/mol. The molecule has 1 heterocycles. The fourth-order valence-corrected chi connectivity index (χ4v) is 1.28. The van der Waals surface area contributed by atoms with Gasteiger partial charge < -0.3 is 15.8 Å². The summed E-state index contributed by atoms with van der Waals surface area (Å²) in [5.41, 5.74) is 6.35. The molecular weight excluding hydrogens is 218 g/mol. The van der Waals surface area contributed by atoms with E-state index >= 15 is 0 Å². The summed E-state index contributed by atoms with van der Waals surface area (Å²) < 4.78 is 5.06. The number of amides is 1. The zero-order chi connectivity index (χ0) is 12.7. The van der Waals surface area contributed by atoms with Crippen LogP contribution in [0.15, 0.2) is 18.3 Å². The Morgan fingerprint density at radius 1 is 1.76 bits per heavy atom. The summed E-state index contributed by atoms with van der Waals surface area (Å²) in [4.78, 5) is 15.5. The van der Waals surface area contributed by atoms with E-state index in [1.54, 1.807) is 12.3 Å². The van der Waals surface area contributed by atoms with Crippen molar-refractivity contribution in [2.45, 2.75) is 19.0 Å². The summed E-state index contributed by atoms with van der Waals surface area (Å²) in [6, 6.07) is 2.91. The quantitative estimate of drug-likeness (QED) is 0.705. The Morgan fingerprint density at radius 2 is 2.53 bits per heavy atom. The third-order valence-electron chi connectivity index (χ3n) is 2.17. The third kappa shape index (κ3) is 3.78. The molecule has 1 aromatic heterocycles. The van der Waals surface area contributed by atoms with Crippen LogP contribution in [0.3, 0.4) is 0 Å². The average molecular weight is 233 g/mol. The van der Waals surface area contributed by atoms with Crippen LogP contribution in [-0.4, -0.2) is 24.0 Å². The zero-order valence-corrected chi connectivity index (χ0v) is 9.64. The number of ether oxygens (including phenoxy) is 1. The highest BCUT2D eigenvalue weighted by atomic mass is 16.5. The first-order valence-electron chi connectivity index (χ1n) is 5.13. The molecule has 3 N–H and O–H groups in total. The lowest BCUT2D eigenvalue weighted by Gasteiger charge is -2.11. The van der Waals surface area contributed by atoms with Crippen molar-refractivity contribution in [1.82, 2.24) is 10.3 Å². The van der Waals surface area contributed by atoms with Crippen LogP contribution in [-0.2, 0) is 11.3 Å². The van der Waals surface area contributed by atoms with E-state index in [2.05, 4.69) is 16.2 Å². The minimum atomic E-state index is -0.678. The van der Waals surface area contributed by atoms with E-state index in [0.717, 1.165) is 5.56 Å². The van der Waals surface area contributed by atoms with Crippen molar-refractivity contribution in [3.8, 4) is 18.2 Å². The number of nitrogens with two attached hydrogens (primary N) is 1. The van der Waals surface area contributed by atoms with Gasteiger partial charge in [-0.15, -0.1) is 12.3 Å². The first kappa shape index (κ1) is 13.0. The topological polar surface area (TPSA) is 77.2 Å². The van der Waals surface area contributed by atoms with Gasteiger partial charge in [0.25, 0.3) is 0 Å². The molecule has 0 saturated carbocycles. The number of rotatable bonds is 5. The minimum Gasteiger partial charge on any atom is -0.481 e. The van der Waals surface area contributed by atoms with E-state index in [-0.39, 0.29) is 12.3 Å². The van der Waals surface area contributed by atoms with Crippen LogP contribution in [0.5, 0.6) is 5.88 Å². The van der Waals surface area contributed by atoms with Gasteiger partial charge >= 0.3 is 0 Å². The third-order valence-corrected chi connectivity index (χ3v) is 2.17. The van der Waals surface area contributed by atoms with Crippen molar-refractivity contribution in [3.05, 3.63) is 23.9 Å². The second kappa shape index (κ2) is 6.51. The van der Waals surface area contributed by atoms with Gasteiger partial charge in [-0.3, -0.25) is 4.79 Å². The van der Waals surface area contributed by atoms with Gasteiger partial charge in [0, 0.05) is 24.7 Å². The lowest BCUT2D eigenvalue weighted by molar-refractivity contribution is -0.122. The van der Waals surface area contributed by atoms with Gasteiger partial charge in [0.2, 0.25) is 11.8 Å². The molecule has 0 radical (unpaired) electrons. The molecule has 0 aromatic carbocycles. The highest BCUT2D eigenvalue weighted by molar-refractivity contribution is 5.81. The summed E-state index contributed by atoms with van der Waals surface area (Å²) in [7, 11) is 1.53. The SMILES string of the molecule is C#CCC(N)C(=O)NCc1cccnc1OC. The normalized spacial score (nSPS) is 11.4. The number of pyridine rings is 1. The molecule has 0 fully saturated rings. The van der Waals surface area contributed by atoms with Gasteiger partial charge in [0.15, 0.2) is 0 Å². The first-order chi connectivity index (χ1) is 8.19. The number of nitrogens with one attached hydrogen (secondary N) is 1. The lowest BCUT2D eigenvalue weighted by atomic mass is 10.2. The molecule has 0 aliphatic heterocycles. The molecule has 1 aromatic rings. The summed E-state index contributed by atoms with van der Waals surface area (Å²) in [5, 5.41) is 2.68. The van der Waals surface area contributed by atoms with Crippen molar-refractivity contribution in [2.24, 2.45) is 5.73 Å². The summed E-state index contributed by atoms with van der Waals surface area (Å²) in [6.45, 7) is 0.314. The number of terminal acetylenes is 1. The molecular formula is C12H15N3O2. The fraction of sp³-hybridized carbons (Fsp3) is 0.333. The number of hydrogen-bond acceptors (Lipinski definition) is 4. The van der Waals surface area contributed by atoms with E-state index in [9.17, 15) is 4.79 Å². The van der Waals surface area contributed by atoms with Gasteiger partial charge in [-0.2, -0.15) is 0 Å². The maximum absolute atomic E-state index is 11.5. The number of carbonyl (C=O) groups is 1. The number of nitrogens with zero attached hydrogens (tertiary/aromatic N) is 1. The van der Waals surface area contributed by atoms with Crippen molar-refractivity contribution in [3.63, 3.8) is 0 Å². The molecule has 90 valence electrons. The molecule has 1 amide bonds. The van der Waals surface area contributed by atoms with Crippen molar-refractivity contribution < 1.29 is 9.53 Å². The monoisotopic (exact) mass is 233 g/mol. The van der Waals surface area contributed by atoms with E-state index < -0.39 is 6.04 Å². The Labute approximate surface area is 100 Å².